The number of rotatable bonds is 4. The molecule has 1 saturated carbocycles. The van der Waals surface area contributed by atoms with Crippen molar-refractivity contribution in [3.63, 3.8) is 0 Å². The summed E-state index contributed by atoms with van der Waals surface area (Å²) in [7, 11) is 0. The summed E-state index contributed by atoms with van der Waals surface area (Å²) < 4.78 is 53.2. The van der Waals surface area contributed by atoms with Crippen LogP contribution in [0.25, 0.3) is 0 Å². The molecule has 2 aliphatic heterocycles. The first-order chi connectivity index (χ1) is 17.6. The molecular formula is C30H36F4N2O. The average Bonchev–Trinajstić information content (AvgIpc) is 3.35. The lowest BCUT2D eigenvalue weighted by Crippen LogP contribution is -2.48. The molecule has 0 radical (unpaired) electrons. The van der Waals surface area contributed by atoms with E-state index in [9.17, 15) is 22.4 Å². The van der Waals surface area contributed by atoms with E-state index in [1.165, 1.54) is 23.8 Å². The Labute approximate surface area is 216 Å². The summed E-state index contributed by atoms with van der Waals surface area (Å²) in [6.45, 7) is 6.96. The zero-order valence-electron chi connectivity index (χ0n) is 21.7. The summed E-state index contributed by atoms with van der Waals surface area (Å²) in [5.74, 6) is 0.489. The number of fused-ring (bicyclic) bond motifs is 1. The third-order valence-electron chi connectivity index (χ3n) is 9.28. The quantitative estimate of drug-likeness (QED) is 0.417. The van der Waals surface area contributed by atoms with Gasteiger partial charge in [-0.25, -0.2) is 4.39 Å². The summed E-state index contributed by atoms with van der Waals surface area (Å²) in [6, 6.07) is 11.1. The Morgan fingerprint density at radius 3 is 2.32 bits per heavy atom. The predicted octanol–water partition coefficient (Wildman–Crippen LogP) is 6.80. The lowest BCUT2D eigenvalue weighted by Gasteiger charge is -2.41. The van der Waals surface area contributed by atoms with Crippen LogP contribution in [0.1, 0.15) is 74.1 Å². The van der Waals surface area contributed by atoms with Crippen molar-refractivity contribution in [3.05, 3.63) is 70.5 Å². The second kappa shape index (κ2) is 10.0. The highest BCUT2D eigenvalue weighted by atomic mass is 19.4. The van der Waals surface area contributed by atoms with Crippen molar-refractivity contribution >= 4 is 5.91 Å². The molecule has 1 saturated heterocycles. The van der Waals surface area contributed by atoms with E-state index in [0.717, 1.165) is 56.8 Å². The van der Waals surface area contributed by atoms with Crippen molar-refractivity contribution in [3.8, 4) is 0 Å². The number of carbonyl (C=O) groups is 1. The third-order valence-corrected chi connectivity index (χ3v) is 9.28. The van der Waals surface area contributed by atoms with Crippen molar-refractivity contribution < 1.29 is 22.4 Å². The summed E-state index contributed by atoms with van der Waals surface area (Å²) in [5, 5.41) is 0. The van der Waals surface area contributed by atoms with Gasteiger partial charge in [-0.15, -0.1) is 0 Å². The van der Waals surface area contributed by atoms with Crippen LogP contribution in [0.15, 0.2) is 42.5 Å². The fraction of sp³-hybridized carbons (Fsp3) is 0.567. The number of hydrogen-bond donors (Lipinski definition) is 0. The first-order valence-corrected chi connectivity index (χ1v) is 13.5. The number of piperidine rings is 1. The van der Waals surface area contributed by atoms with Gasteiger partial charge in [-0.3, -0.25) is 4.79 Å². The van der Waals surface area contributed by atoms with Crippen molar-refractivity contribution in [2.24, 2.45) is 11.3 Å². The van der Waals surface area contributed by atoms with Crippen LogP contribution in [0.3, 0.4) is 0 Å². The molecule has 2 atom stereocenters. The Hall–Kier alpha value is -2.41. The zero-order valence-corrected chi connectivity index (χ0v) is 21.7. The Kier molecular flexibility index (Phi) is 7.12. The number of benzene rings is 2. The van der Waals surface area contributed by atoms with E-state index in [2.05, 4.69) is 18.7 Å². The van der Waals surface area contributed by atoms with E-state index in [1.807, 2.05) is 17.0 Å². The molecule has 0 N–H and O–H groups in total. The lowest BCUT2D eigenvalue weighted by atomic mass is 9.73. The molecule has 0 unspecified atom stereocenters. The molecule has 2 fully saturated rings. The summed E-state index contributed by atoms with van der Waals surface area (Å²) >= 11 is 0. The lowest BCUT2D eigenvalue weighted by molar-refractivity contribution is -0.146. The van der Waals surface area contributed by atoms with E-state index in [-0.39, 0.29) is 24.2 Å². The standard InChI is InChI=1S/C30H36F4N2O/c1-20(2)29(28(37)36-16-12-22-3-6-25(30(32,33)34)17-24(22)19-36)13-9-27(18-29)35-14-10-23(11-15-35)21-4-7-26(31)8-5-21/h3-8,17,20,23,27H,9-16,18-19H2,1-2H3/t27-,29+/m1/s1. The molecule has 3 aliphatic rings. The highest BCUT2D eigenvalue weighted by molar-refractivity contribution is 5.84. The van der Waals surface area contributed by atoms with Crippen molar-refractivity contribution in [2.75, 3.05) is 19.6 Å². The van der Waals surface area contributed by atoms with Gasteiger partial charge in [0.15, 0.2) is 0 Å². The van der Waals surface area contributed by atoms with E-state index in [4.69, 9.17) is 0 Å². The average molecular weight is 517 g/mol. The van der Waals surface area contributed by atoms with Crippen LogP contribution >= 0.6 is 0 Å². The van der Waals surface area contributed by atoms with Crippen LogP contribution in [0.2, 0.25) is 0 Å². The maximum Gasteiger partial charge on any atom is 0.416 e. The topological polar surface area (TPSA) is 23.6 Å². The summed E-state index contributed by atoms with van der Waals surface area (Å²) in [4.78, 5) is 18.3. The number of halogens is 4. The van der Waals surface area contributed by atoms with Crippen LogP contribution in [-0.4, -0.2) is 41.4 Å². The Morgan fingerprint density at radius 1 is 0.973 bits per heavy atom. The van der Waals surface area contributed by atoms with Gasteiger partial charge in [0.2, 0.25) is 5.91 Å². The van der Waals surface area contributed by atoms with Crippen molar-refractivity contribution in [2.45, 2.75) is 77.1 Å². The van der Waals surface area contributed by atoms with Crippen LogP contribution < -0.4 is 0 Å². The molecule has 5 rings (SSSR count). The number of alkyl halides is 3. The molecule has 2 heterocycles. The van der Waals surface area contributed by atoms with Gasteiger partial charge in [-0.1, -0.05) is 32.0 Å². The number of likely N-dealkylation sites (tertiary alicyclic amines) is 1. The van der Waals surface area contributed by atoms with E-state index in [1.54, 1.807) is 6.07 Å². The molecule has 2 aromatic carbocycles. The molecular weight excluding hydrogens is 480 g/mol. The predicted molar refractivity (Wildman–Crippen MR) is 135 cm³/mol. The van der Waals surface area contributed by atoms with Crippen LogP contribution in [-0.2, 0) is 23.9 Å². The number of hydrogen-bond acceptors (Lipinski definition) is 2. The second-order valence-electron chi connectivity index (χ2n) is 11.5. The van der Waals surface area contributed by atoms with Gasteiger partial charge < -0.3 is 9.80 Å². The van der Waals surface area contributed by atoms with Crippen LogP contribution in [0, 0.1) is 17.2 Å². The van der Waals surface area contributed by atoms with Gasteiger partial charge in [0, 0.05) is 19.1 Å². The number of amides is 1. The van der Waals surface area contributed by atoms with Gasteiger partial charge in [0.05, 0.1) is 11.0 Å². The summed E-state index contributed by atoms with van der Waals surface area (Å²) in [6.07, 6.45) is 0.837. The van der Waals surface area contributed by atoms with Gasteiger partial charge in [0.25, 0.3) is 0 Å². The zero-order chi connectivity index (χ0) is 26.4. The molecule has 0 aromatic heterocycles. The minimum atomic E-state index is -4.39. The molecule has 200 valence electrons. The highest BCUT2D eigenvalue weighted by Crippen LogP contribution is 2.48. The van der Waals surface area contributed by atoms with Gasteiger partial charge in [-0.2, -0.15) is 13.2 Å². The van der Waals surface area contributed by atoms with Crippen LogP contribution in [0.5, 0.6) is 0 Å². The van der Waals surface area contributed by atoms with Crippen molar-refractivity contribution in [1.29, 1.82) is 0 Å². The number of nitrogens with zero attached hydrogens (tertiary/aromatic N) is 2. The number of carbonyl (C=O) groups excluding carboxylic acids is 1. The van der Waals surface area contributed by atoms with Gasteiger partial charge in [-0.05, 0) is 104 Å². The SMILES string of the molecule is CC(C)[C@]1(C(=O)N2CCc3ccc(C(F)(F)F)cc3C2)CC[C@@H](N2CCC(c3ccc(F)cc3)CC2)C1. The van der Waals surface area contributed by atoms with Crippen LogP contribution in [0.4, 0.5) is 17.6 Å². The molecule has 37 heavy (non-hydrogen) atoms. The maximum atomic E-state index is 14.0. The molecule has 3 nitrogen and oxygen atoms in total. The minimum Gasteiger partial charge on any atom is -0.338 e. The smallest absolute Gasteiger partial charge is 0.338 e. The molecule has 2 aromatic rings. The molecule has 7 heteroatoms. The fourth-order valence-corrected chi connectivity index (χ4v) is 6.88. The molecule has 1 aliphatic carbocycles. The normalized spacial score (nSPS) is 25.5. The van der Waals surface area contributed by atoms with Gasteiger partial charge >= 0.3 is 6.18 Å². The first kappa shape index (κ1) is 26.2. The Bertz CT molecular complexity index is 1120. The van der Waals surface area contributed by atoms with Gasteiger partial charge in [0.1, 0.15) is 5.82 Å². The second-order valence-corrected chi connectivity index (χ2v) is 11.5. The highest BCUT2D eigenvalue weighted by Gasteiger charge is 2.51. The summed E-state index contributed by atoms with van der Waals surface area (Å²) in [5.41, 5.74) is 1.59. The molecule has 1 amide bonds. The van der Waals surface area contributed by atoms with E-state index < -0.39 is 17.2 Å². The monoisotopic (exact) mass is 516 g/mol. The third kappa shape index (κ3) is 5.16. The van der Waals surface area contributed by atoms with E-state index >= 15 is 0 Å². The minimum absolute atomic E-state index is 0.106. The molecule has 0 bridgehead atoms. The maximum absolute atomic E-state index is 14.0. The largest absolute Gasteiger partial charge is 0.416 e. The van der Waals surface area contributed by atoms with Crippen molar-refractivity contribution in [1.82, 2.24) is 9.80 Å². The fourth-order valence-electron chi connectivity index (χ4n) is 6.88. The first-order valence-electron chi connectivity index (χ1n) is 13.5. The Balaban J connectivity index is 1.26. The van der Waals surface area contributed by atoms with E-state index in [0.29, 0.717) is 30.5 Å². The Morgan fingerprint density at radius 2 is 1.68 bits per heavy atom. The molecule has 0 spiro atoms.